The van der Waals surface area contributed by atoms with E-state index in [2.05, 4.69) is 25.2 Å². The van der Waals surface area contributed by atoms with Crippen LogP contribution in [0.2, 0.25) is 0 Å². The normalized spacial score (nSPS) is 15.7. The smallest absolute Gasteiger partial charge is 0.252 e. The van der Waals surface area contributed by atoms with Gasteiger partial charge in [0, 0.05) is 49.7 Å². The summed E-state index contributed by atoms with van der Waals surface area (Å²) in [7, 11) is 1.62. The van der Waals surface area contributed by atoms with Crippen molar-refractivity contribution < 1.29 is 4.74 Å². The fraction of sp³-hybridized carbons (Fsp3) is 0.350. The lowest BCUT2D eigenvalue weighted by molar-refractivity contribution is 0.210. The van der Waals surface area contributed by atoms with E-state index in [-0.39, 0.29) is 5.56 Å². The number of nitrogens with one attached hydrogen (secondary N) is 2. The Morgan fingerprint density at radius 1 is 1.22 bits per heavy atom. The Hall–Kier alpha value is -2.93. The molecule has 3 heterocycles. The molecule has 0 atom stereocenters. The van der Waals surface area contributed by atoms with Crippen molar-refractivity contribution in [3.8, 4) is 5.75 Å². The zero-order chi connectivity index (χ0) is 18.6. The van der Waals surface area contributed by atoms with E-state index in [0.717, 1.165) is 48.1 Å². The first-order valence-electron chi connectivity index (χ1n) is 9.17. The lowest BCUT2D eigenvalue weighted by atomic mass is 10.0. The van der Waals surface area contributed by atoms with Crippen molar-refractivity contribution >= 4 is 16.9 Å². The Morgan fingerprint density at radius 2 is 2.00 bits per heavy atom. The molecule has 1 saturated heterocycles. The third-order valence-corrected chi connectivity index (χ3v) is 5.01. The number of fused-ring (bicyclic) bond motifs is 1. The Morgan fingerprint density at radius 3 is 2.74 bits per heavy atom. The van der Waals surface area contributed by atoms with E-state index < -0.39 is 0 Å². The Balaban J connectivity index is 1.40. The number of aromatic amines is 1. The number of ether oxygens (including phenoxy) is 1. The Kier molecular flexibility index (Phi) is 5.02. The summed E-state index contributed by atoms with van der Waals surface area (Å²) < 4.78 is 5.22. The molecular formula is C20H23N5O2. The average Bonchev–Trinajstić information content (AvgIpc) is 2.70. The second kappa shape index (κ2) is 7.75. The lowest BCUT2D eigenvalue weighted by Gasteiger charge is -2.32. The van der Waals surface area contributed by atoms with Crippen molar-refractivity contribution in [1.82, 2.24) is 19.9 Å². The summed E-state index contributed by atoms with van der Waals surface area (Å²) in [4.78, 5) is 26.2. The van der Waals surface area contributed by atoms with Gasteiger partial charge in [0.25, 0.3) is 5.56 Å². The summed E-state index contributed by atoms with van der Waals surface area (Å²) in [6.45, 7) is 2.53. The molecule has 1 aliphatic heterocycles. The van der Waals surface area contributed by atoms with E-state index in [0.29, 0.717) is 18.5 Å². The highest BCUT2D eigenvalue weighted by Gasteiger charge is 2.20. The Labute approximate surface area is 157 Å². The summed E-state index contributed by atoms with van der Waals surface area (Å²) in [5, 5.41) is 4.40. The van der Waals surface area contributed by atoms with Gasteiger partial charge in [0.1, 0.15) is 5.75 Å². The fourth-order valence-corrected chi connectivity index (χ4v) is 3.50. The summed E-state index contributed by atoms with van der Waals surface area (Å²) in [6.07, 6.45) is 5.49. The van der Waals surface area contributed by atoms with Crippen molar-refractivity contribution in [1.29, 1.82) is 0 Å². The summed E-state index contributed by atoms with van der Waals surface area (Å²) in [6, 6.07) is 9.90. The molecule has 1 aliphatic rings. The van der Waals surface area contributed by atoms with Crippen LogP contribution in [0.25, 0.3) is 10.9 Å². The molecule has 2 aromatic heterocycles. The fourth-order valence-electron chi connectivity index (χ4n) is 3.50. The van der Waals surface area contributed by atoms with Crippen LogP contribution in [0.15, 0.2) is 47.5 Å². The number of anilines is 1. The van der Waals surface area contributed by atoms with Crippen molar-refractivity contribution in [3.05, 3.63) is 58.6 Å². The molecule has 2 N–H and O–H groups in total. The van der Waals surface area contributed by atoms with Gasteiger partial charge in [0.05, 0.1) is 12.6 Å². The second-order valence-electron chi connectivity index (χ2n) is 6.84. The van der Waals surface area contributed by atoms with Crippen LogP contribution in [0.4, 0.5) is 5.95 Å². The van der Waals surface area contributed by atoms with Crippen LogP contribution in [-0.4, -0.2) is 46.1 Å². The standard InChI is InChI=1S/C20H23N5O2/c1-27-17-4-3-14-11-15(19(26)24-18(14)12-17)13-25-9-5-16(6-10-25)23-20-21-7-2-8-22-20/h2-4,7-8,11-12,16H,5-6,9-10,13H2,1H3,(H,24,26)(H,21,22,23). The van der Waals surface area contributed by atoms with Crippen LogP contribution in [0, 0.1) is 0 Å². The van der Waals surface area contributed by atoms with Crippen LogP contribution in [0.1, 0.15) is 18.4 Å². The van der Waals surface area contributed by atoms with Crippen molar-refractivity contribution in [2.75, 3.05) is 25.5 Å². The Bertz CT molecular complexity index is 965. The highest BCUT2D eigenvalue weighted by atomic mass is 16.5. The van der Waals surface area contributed by atoms with Crippen LogP contribution >= 0.6 is 0 Å². The number of pyridine rings is 1. The molecule has 7 nitrogen and oxygen atoms in total. The number of piperidine rings is 1. The minimum atomic E-state index is -0.0336. The highest BCUT2D eigenvalue weighted by molar-refractivity contribution is 5.80. The molecule has 0 amide bonds. The first-order valence-corrected chi connectivity index (χ1v) is 9.17. The van der Waals surface area contributed by atoms with Gasteiger partial charge in [0.2, 0.25) is 5.95 Å². The van der Waals surface area contributed by atoms with Crippen LogP contribution in [-0.2, 0) is 6.54 Å². The third kappa shape index (κ3) is 4.09. The minimum absolute atomic E-state index is 0.0336. The van der Waals surface area contributed by atoms with Gasteiger partial charge in [-0.2, -0.15) is 0 Å². The monoisotopic (exact) mass is 365 g/mol. The number of aromatic nitrogens is 3. The molecule has 0 bridgehead atoms. The van der Waals surface area contributed by atoms with Gasteiger partial charge in [-0.3, -0.25) is 9.69 Å². The first kappa shape index (κ1) is 17.5. The molecule has 3 aromatic rings. The molecule has 0 aliphatic carbocycles. The zero-order valence-electron chi connectivity index (χ0n) is 15.3. The maximum Gasteiger partial charge on any atom is 0.252 e. The third-order valence-electron chi connectivity index (χ3n) is 5.01. The molecule has 27 heavy (non-hydrogen) atoms. The van der Waals surface area contributed by atoms with Crippen molar-refractivity contribution in [2.24, 2.45) is 0 Å². The maximum absolute atomic E-state index is 12.5. The zero-order valence-corrected chi connectivity index (χ0v) is 15.3. The predicted molar refractivity (Wildman–Crippen MR) is 105 cm³/mol. The van der Waals surface area contributed by atoms with Crippen LogP contribution < -0.4 is 15.6 Å². The highest BCUT2D eigenvalue weighted by Crippen LogP contribution is 2.20. The van der Waals surface area contributed by atoms with Crippen LogP contribution in [0.3, 0.4) is 0 Å². The first-order chi connectivity index (χ1) is 13.2. The number of methoxy groups -OCH3 is 1. The summed E-state index contributed by atoms with van der Waals surface area (Å²) in [5.41, 5.74) is 1.56. The maximum atomic E-state index is 12.5. The van der Waals surface area contributed by atoms with Gasteiger partial charge in [-0.25, -0.2) is 9.97 Å². The number of hydrogen-bond acceptors (Lipinski definition) is 6. The number of likely N-dealkylation sites (tertiary alicyclic amines) is 1. The molecule has 0 spiro atoms. The van der Waals surface area contributed by atoms with Crippen molar-refractivity contribution in [2.45, 2.75) is 25.4 Å². The largest absolute Gasteiger partial charge is 0.497 e. The second-order valence-corrected chi connectivity index (χ2v) is 6.84. The van der Waals surface area contributed by atoms with E-state index >= 15 is 0 Å². The minimum Gasteiger partial charge on any atom is -0.497 e. The quantitative estimate of drug-likeness (QED) is 0.722. The molecule has 4 rings (SSSR count). The topological polar surface area (TPSA) is 83.1 Å². The van der Waals surface area contributed by atoms with Gasteiger partial charge in [-0.05, 0) is 42.5 Å². The molecular weight excluding hydrogens is 342 g/mol. The van der Waals surface area contributed by atoms with Gasteiger partial charge in [0.15, 0.2) is 0 Å². The molecule has 0 saturated carbocycles. The molecule has 0 radical (unpaired) electrons. The number of nitrogens with zero attached hydrogens (tertiary/aromatic N) is 3. The summed E-state index contributed by atoms with van der Waals surface area (Å²) >= 11 is 0. The molecule has 1 aromatic carbocycles. The van der Waals surface area contributed by atoms with Gasteiger partial charge in [-0.15, -0.1) is 0 Å². The number of rotatable bonds is 5. The van der Waals surface area contributed by atoms with E-state index in [1.54, 1.807) is 19.5 Å². The van der Waals surface area contributed by atoms with Crippen molar-refractivity contribution in [3.63, 3.8) is 0 Å². The predicted octanol–water partition coefficient (Wildman–Crippen LogP) is 2.40. The molecule has 1 fully saturated rings. The number of hydrogen-bond donors (Lipinski definition) is 2. The molecule has 0 unspecified atom stereocenters. The SMILES string of the molecule is COc1ccc2cc(CN3CCC(Nc4ncccn4)CC3)c(=O)[nH]c2c1. The molecule has 7 heteroatoms. The average molecular weight is 365 g/mol. The number of H-pyrrole nitrogens is 1. The van der Waals surface area contributed by atoms with Gasteiger partial charge in [-0.1, -0.05) is 0 Å². The summed E-state index contributed by atoms with van der Waals surface area (Å²) in [5.74, 6) is 1.42. The van der Waals surface area contributed by atoms with E-state index in [1.807, 2.05) is 30.3 Å². The lowest BCUT2D eigenvalue weighted by Crippen LogP contribution is -2.39. The molecule has 140 valence electrons. The van der Waals surface area contributed by atoms with Gasteiger partial charge < -0.3 is 15.0 Å². The van der Waals surface area contributed by atoms with Gasteiger partial charge >= 0.3 is 0 Å². The van der Waals surface area contributed by atoms with E-state index in [9.17, 15) is 4.79 Å². The van der Waals surface area contributed by atoms with Crippen LogP contribution in [0.5, 0.6) is 5.75 Å². The van der Waals surface area contributed by atoms with E-state index in [1.165, 1.54) is 0 Å². The van der Waals surface area contributed by atoms with E-state index in [4.69, 9.17) is 4.74 Å². The number of benzene rings is 1.